The van der Waals surface area contributed by atoms with Crippen molar-refractivity contribution >= 4 is 29.4 Å². The third-order valence-corrected chi connectivity index (χ3v) is 12.1. The van der Waals surface area contributed by atoms with Gasteiger partial charge in [-0.1, -0.05) is 88.7 Å². The van der Waals surface area contributed by atoms with Gasteiger partial charge in [-0.15, -0.1) is 0 Å². The van der Waals surface area contributed by atoms with E-state index in [1.54, 1.807) is 23.8 Å². The van der Waals surface area contributed by atoms with Crippen molar-refractivity contribution < 1.29 is 23.9 Å². The number of nitrogens with zero attached hydrogens (tertiary/aromatic N) is 5. The molecule has 3 aliphatic heterocycles. The first kappa shape index (κ1) is 43.9. The van der Waals surface area contributed by atoms with Gasteiger partial charge < -0.3 is 24.8 Å². The van der Waals surface area contributed by atoms with Crippen LogP contribution in [0.2, 0.25) is 0 Å². The number of carbonyl (C=O) groups is 4. The van der Waals surface area contributed by atoms with Gasteiger partial charge in [0.15, 0.2) is 0 Å². The fourth-order valence-electron chi connectivity index (χ4n) is 8.70. The molecule has 11 heteroatoms. The summed E-state index contributed by atoms with van der Waals surface area (Å²) in [4.78, 5) is 66.3. The number of likely N-dealkylation sites (tertiary alicyclic amines) is 2. The molecule has 312 valence electrons. The average Bonchev–Trinajstić information content (AvgIpc) is 3.72. The van der Waals surface area contributed by atoms with E-state index in [-0.39, 0.29) is 47.6 Å². The molecule has 0 radical (unpaired) electrons. The molecule has 1 N–H and O–H groups in total. The second kappa shape index (κ2) is 20.5. The Morgan fingerprint density at radius 2 is 1.42 bits per heavy atom. The molecule has 5 rings (SSSR count). The lowest BCUT2D eigenvalue weighted by molar-refractivity contribution is -0.158. The van der Waals surface area contributed by atoms with Crippen LogP contribution in [-0.2, 0) is 23.9 Å². The molecule has 0 spiro atoms. The van der Waals surface area contributed by atoms with Crippen molar-refractivity contribution in [2.45, 2.75) is 117 Å². The van der Waals surface area contributed by atoms with Crippen LogP contribution in [0, 0.1) is 11.8 Å². The Kier molecular flexibility index (Phi) is 15.8. The van der Waals surface area contributed by atoms with E-state index in [0.717, 1.165) is 57.5 Å². The molecule has 2 aromatic rings. The van der Waals surface area contributed by atoms with Gasteiger partial charge in [-0.2, -0.15) is 0 Å². The molecule has 0 saturated carbocycles. The molecule has 57 heavy (non-hydrogen) atoms. The Hall–Kier alpha value is -4.22. The lowest BCUT2D eigenvalue weighted by Gasteiger charge is -2.39. The van der Waals surface area contributed by atoms with Gasteiger partial charge in [0.2, 0.25) is 17.7 Å². The molecule has 5 atom stereocenters. The normalized spacial score (nSPS) is 21.4. The number of piperazine rings is 1. The fourth-order valence-corrected chi connectivity index (χ4v) is 8.70. The highest BCUT2D eigenvalue weighted by Gasteiger charge is 2.39. The van der Waals surface area contributed by atoms with Gasteiger partial charge in [0.1, 0.15) is 18.2 Å². The second-order valence-electron chi connectivity index (χ2n) is 17.2. The van der Waals surface area contributed by atoms with Crippen molar-refractivity contribution in [1.82, 2.24) is 24.9 Å². The molecule has 3 unspecified atom stereocenters. The van der Waals surface area contributed by atoms with E-state index >= 15 is 0 Å². The van der Waals surface area contributed by atoms with E-state index < -0.39 is 24.2 Å². The first-order valence-electron chi connectivity index (χ1n) is 21.4. The number of ether oxygens (including phenoxy) is 1. The van der Waals surface area contributed by atoms with Crippen LogP contribution in [0.4, 0.5) is 5.69 Å². The standard InChI is InChI=1S/C46H68N6O5/c1-32(2)40(48(8)45(55)42(33(3)4)47-43(53)38-22-15-16-24-51(38)34(5)6)30-35(7)44(54)52-25-17-23-39(52)46(56)57-41(36-18-11-9-12-19-36)31-49-26-28-50(29-27-49)37-20-13-10-14-21-37/h9-14,18-21,30,32-34,38-42H,15-17,22-29,31H2,1-8H3,(H,47,53)/b35-30+/t38?,39-,40+,41?,42?/m0/s1. The van der Waals surface area contributed by atoms with Gasteiger partial charge in [0.05, 0.1) is 12.1 Å². The van der Waals surface area contributed by atoms with Gasteiger partial charge >= 0.3 is 5.97 Å². The Balaban J connectivity index is 1.24. The summed E-state index contributed by atoms with van der Waals surface area (Å²) in [5.41, 5.74) is 2.62. The lowest BCUT2D eigenvalue weighted by atomic mass is 9.95. The van der Waals surface area contributed by atoms with Crippen molar-refractivity contribution in [2.24, 2.45) is 11.8 Å². The second-order valence-corrected chi connectivity index (χ2v) is 17.2. The molecular weight excluding hydrogens is 717 g/mol. The van der Waals surface area contributed by atoms with Crippen LogP contribution < -0.4 is 10.2 Å². The lowest BCUT2D eigenvalue weighted by Crippen LogP contribution is -2.58. The monoisotopic (exact) mass is 785 g/mol. The first-order chi connectivity index (χ1) is 27.3. The van der Waals surface area contributed by atoms with Gasteiger partial charge in [-0.05, 0) is 82.5 Å². The topological polar surface area (TPSA) is 106 Å². The highest BCUT2D eigenvalue weighted by atomic mass is 16.5. The maximum absolute atomic E-state index is 14.2. The molecule has 3 heterocycles. The summed E-state index contributed by atoms with van der Waals surface area (Å²) in [5.74, 6) is -1.04. The molecule has 0 aromatic heterocycles. The number of para-hydroxylation sites is 1. The fraction of sp³-hybridized carbons (Fsp3) is 0.609. The average molecular weight is 785 g/mol. The van der Waals surface area contributed by atoms with Crippen molar-refractivity contribution in [3.8, 4) is 0 Å². The van der Waals surface area contributed by atoms with Crippen molar-refractivity contribution in [3.05, 3.63) is 77.9 Å². The number of benzene rings is 2. The Bertz CT molecular complexity index is 1660. The van der Waals surface area contributed by atoms with E-state index in [9.17, 15) is 19.2 Å². The zero-order valence-corrected chi connectivity index (χ0v) is 35.7. The van der Waals surface area contributed by atoms with Crippen molar-refractivity contribution in [1.29, 1.82) is 0 Å². The number of anilines is 1. The van der Waals surface area contributed by atoms with Crippen LogP contribution in [0.1, 0.15) is 92.2 Å². The minimum Gasteiger partial charge on any atom is -0.455 e. The molecule has 3 amide bonds. The third-order valence-electron chi connectivity index (χ3n) is 12.1. The highest BCUT2D eigenvalue weighted by molar-refractivity contribution is 5.96. The molecule has 3 aliphatic rings. The largest absolute Gasteiger partial charge is 0.455 e. The molecule has 0 bridgehead atoms. The number of carbonyl (C=O) groups excluding carboxylic acids is 4. The van der Waals surface area contributed by atoms with Crippen LogP contribution in [0.5, 0.6) is 0 Å². The number of hydrogen-bond donors (Lipinski definition) is 1. The van der Waals surface area contributed by atoms with Crippen LogP contribution in [0.3, 0.4) is 0 Å². The number of amides is 3. The SMILES string of the molecule is C/C(=C\[C@H](C(C)C)N(C)C(=O)C(NC(=O)C1CCCCN1C(C)C)C(C)C)C(=O)N1CCC[C@H]1C(=O)OC(CN1CCN(c2ccccc2)CC1)c1ccccc1. The quantitative estimate of drug-likeness (QED) is 0.176. The number of likely N-dealkylation sites (N-methyl/N-ethyl adjacent to an activating group) is 1. The van der Waals surface area contributed by atoms with Gasteiger partial charge in [-0.3, -0.25) is 24.2 Å². The van der Waals surface area contributed by atoms with Crippen LogP contribution in [0.25, 0.3) is 0 Å². The van der Waals surface area contributed by atoms with E-state index in [2.05, 4.69) is 58.1 Å². The maximum atomic E-state index is 14.2. The molecule has 3 saturated heterocycles. The summed E-state index contributed by atoms with van der Waals surface area (Å²) >= 11 is 0. The number of piperidine rings is 1. The van der Waals surface area contributed by atoms with Crippen molar-refractivity contribution in [2.75, 3.05) is 57.8 Å². The van der Waals surface area contributed by atoms with E-state index in [0.29, 0.717) is 31.5 Å². The molecule has 2 aromatic carbocycles. The van der Waals surface area contributed by atoms with Gasteiger partial charge in [0, 0.05) is 63.6 Å². The predicted octanol–water partition coefficient (Wildman–Crippen LogP) is 5.92. The predicted molar refractivity (Wildman–Crippen MR) is 227 cm³/mol. The summed E-state index contributed by atoms with van der Waals surface area (Å²) in [6, 6.07) is 18.5. The number of hydrogen-bond acceptors (Lipinski definition) is 8. The summed E-state index contributed by atoms with van der Waals surface area (Å²) in [7, 11) is 1.76. The maximum Gasteiger partial charge on any atom is 0.329 e. The summed E-state index contributed by atoms with van der Waals surface area (Å²) < 4.78 is 6.33. The van der Waals surface area contributed by atoms with Gasteiger partial charge in [0.25, 0.3) is 0 Å². The summed E-state index contributed by atoms with van der Waals surface area (Å²) in [6.45, 7) is 19.3. The van der Waals surface area contributed by atoms with Crippen LogP contribution >= 0.6 is 0 Å². The number of rotatable bonds is 15. The smallest absolute Gasteiger partial charge is 0.329 e. The summed E-state index contributed by atoms with van der Waals surface area (Å²) in [6.07, 6.45) is 5.46. The van der Waals surface area contributed by atoms with Crippen LogP contribution in [-0.4, -0.2) is 126 Å². The Labute approximate surface area is 341 Å². The minimum atomic E-state index is -0.702. The molecular formula is C46H68N6O5. The molecule has 0 aliphatic carbocycles. The number of esters is 1. The van der Waals surface area contributed by atoms with Gasteiger partial charge in [-0.25, -0.2) is 4.79 Å². The van der Waals surface area contributed by atoms with E-state index in [1.807, 2.05) is 70.2 Å². The number of nitrogens with one attached hydrogen (secondary N) is 1. The van der Waals surface area contributed by atoms with E-state index in [1.165, 1.54) is 5.69 Å². The van der Waals surface area contributed by atoms with Crippen molar-refractivity contribution in [3.63, 3.8) is 0 Å². The third kappa shape index (κ3) is 11.3. The first-order valence-corrected chi connectivity index (χ1v) is 21.4. The molecule has 11 nitrogen and oxygen atoms in total. The highest BCUT2D eigenvalue weighted by Crippen LogP contribution is 2.28. The Morgan fingerprint density at radius 1 is 0.789 bits per heavy atom. The summed E-state index contributed by atoms with van der Waals surface area (Å²) in [5, 5.41) is 3.12. The molecule has 3 fully saturated rings. The Morgan fingerprint density at radius 3 is 2.04 bits per heavy atom. The zero-order valence-electron chi connectivity index (χ0n) is 35.7. The zero-order chi connectivity index (χ0) is 41.2. The van der Waals surface area contributed by atoms with Crippen LogP contribution in [0.15, 0.2) is 72.3 Å². The van der Waals surface area contributed by atoms with E-state index in [4.69, 9.17) is 4.74 Å². The minimum absolute atomic E-state index is 0.0134.